The van der Waals surface area contributed by atoms with Crippen molar-refractivity contribution in [3.8, 4) is 11.5 Å². The van der Waals surface area contributed by atoms with Crippen LogP contribution in [0.3, 0.4) is 0 Å². The minimum atomic E-state index is -1.37. The van der Waals surface area contributed by atoms with Crippen LogP contribution in [0.1, 0.15) is 87.9 Å². The zero-order chi connectivity index (χ0) is 41.4. The van der Waals surface area contributed by atoms with Gasteiger partial charge < -0.3 is 38.6 Å². The highest BCUT2D eigenvalue weighted by Gasteiger charge is 2.32. The van der Waals surface area contributed by atoms with Gasteiger partial charge in [0.15, 0.2) is 11.5 Å². The van der Waals surface area contributed by atoms with Gasteiger partial charge in [0.2, 0.25) is 0 Å². The van der Waals surface area contributed by atoms with Crippen LogP contribution in [0.5, 0.6) is 11.5 Å². The highest BCUT2D eigenvalue weighted by atomic mass is 35.5. The first-order chi connectivity index (χ1) is 25.5. The topological polar surface area (TPSA) is 227 Å². The molecule has 0 radical (unpaired) electrons. The van der Waals surface area contributed by atoms with Crippen molar-refractivity contribution >= 4 is 58.7 Å². The van der Waals surface area contributed by atoms with E-state index in [4.69, 9.17) is 42.1 Å². The molecule has 55 heavy (non-hydrogen) atoms. The Balaban J connectivity index is 0.000000296. The molecule has 4 rings (SSSR count). The summed E-state index contributed by atoms with van der Waals surface area (Å²) in [5.41, 5.74) is -2.42. The lowest BCUT2D eigenvalue weighted by atomic mass is 10.1. The zero-order valence-electron chi connectivity index (χ0n) is 31.4. The Bertz CT molecular complexity index is 1780. The van der Waals surface area contributed by atoms with Gasteiger partial charge >= 0.3 is 24.1 Å². The van der Waals surface area contributed by atoms with Gasteiger partial charge in [-0.2, -0.15) is 0 Å². The van der Waals surface area contributed by atoms with E-state index in [9.17, 15) is 44.5 Å². The number of carbonyl (C=O) groups is 4. The predicted molar refractivity (Wildman–Crippen MR) is 197 cm³/mol. The lowest BCUT2D eigenvalue weighted by Crippen LogP contribution is -2.44. The summed E-state index contributed by atoms with van der Waals surface area (Å²) in [6.07, 6.45) is 0.384. The summed E-state index contributed by atoms with van der Waals surface area (Å²) in [5, 5.41) is 31.0. The number of carbonyl (C=O) groups excluding carboxylic acids is 3. The van der Waals surface area contributed by atoms with E-state index in [0.29, 0.717) is 51.9 Å². The monoisotopic (exact) mass is 814 g/mol. The number of carboxylic acids is 1. The van der Waals surface area contributed by atoms with Crippen LogP contribution < -0.4 is 9.47 Å². The molecule has 2 amide bonds. The Morgan fingerprint density at radius 1 is 0.691 bits per heavy atom. The number of ether oxygens (including phenoxy) is 5. The van der Waals surface area contributed by atoms with Crippen LogP contribution in [-0.2, 0) is 14.2 Å². The molecule has 0 saturated carbocycles. The van der Waals surface area contributed by atoms with Gasteiger partial charge in [-0.15, -0.1) is 0 Å². The fraction of sp³-hybridized carbons (Fsp3) is 0.543. The second-order valence-electron chi connectivity index (χ2n) is 14.5. The number of carboxylic acid groups (broad SMARTS) is 1. The van der Waals surface area contributed by atoms with Gasteiger partial charge in [0.05, 0.1) is 27.0 Å². The smallest absolute Gasteiger partial charge is 0.410 e. The number of halogens is 2. The minimum Gasteiger partial charge on any atom is -0.488 e. The number of nitro benzene ring substituents is 2. The maximum Gasteiger partial charge on any atom is 0.410 e. The highest BCUT2D eigenvalue weighted by molar-refractivity contribution is 6.33. The molecule has 2 aromatic rings. The first-order valence-corrected chi connectivity index (χ1v) is 17.8. The Labute approximate surface area is 326 Å². The molecular formula is C35H44Cl2N4O14. The van der Waals surface area contributed by atoms with Crippen LogP contribution in [0.2, 0.25) is 10.0 Å². The molecule has 0 atom stereocenters. The standard InChI is InChI=1S/C18H23ClN2O7.C17H21ClN2O7/c1-18(2,3)28-17(23)20-7-5-12(6-8-20)27-15-13(16(22)26-4)9-11(21(24)25)10-14(15)19;1-17(2,3)27-16(23)19-6-4-11(5-7-19)26-14-12(15(21)22)8-10(20(24)25)9-13(14)18/h9-10,12H,5-8H2,1-4H3;8-9,11H,4-7H2,1-3H3,(H,21,22). The molecule has 0 unspecified atom stereocenters. The summed E-state index contributed by atoms with van der Waals surface area (Å²) >= 11 is 12.1. The number of benzene rings is 2. The average Bonchev–Trinajstić information content (AvgIpc) is 3.08. The Morgan fingerprint density at radius 2 is 1.04 bits per heavy atom. The van der Waals surface area contributed by atoms with Gasteiger partial charge in [0, 0.05) is 76.1 Å². The molecule has 18 nitrogen and oxygen atoms in total. The molecule has 0 aliphatic carbocycles. The van der Waals surface area contributed by atoms with Crippen LogP contribution >= 0.6 is 23.2 Å². The number of amides is 2. The summed E-state index contributed by atoms with van der Waals surface area (Å²) in [6.45, 7) is 12.3. The van der Waals surface area contributed by atoms with Crippen LogP contribution in [0.15, 0.2) is 24.3 Å². The maximum absolute atomic E-state index is 12.1. The van der Waals surface area contributed by atoms with Gasteiger partial charge in [-0.1, -0.05) is 23.2 Å². The number of non-ortho nitro benzene ring substituents is 2. The van der Waals surface area contributed by atoms with E-state index in [0.717, 1.165) is 31.4 Å². The van der Waals surface area contributed by atoms with E-state index in [1.54, 1.807) is 51.3 Å². The normalized spacial score (nSPS) is 15.2. The molecule has 1 N–H and O–H groups in total. The summed E-state index contributed by atoms with van der Waals surface area (Å²) in [6, 6.07) is 4.17. The molecule has 2 fully saturated rings. The van der Waals surface area contributed by atoms with Crippen molar-refractivity contribution in [2.45, 2.75) is 90.6 Å². The molecule has 2 aromatic carbocycles. The third kappa shape index (κ3) is 13.0. The van der Waals surface area contributed by atoms with Gasteiger partial charge in [0.25, 0.3) is 11.4 Å². The van der Waals surface area contributed by atoms with Crippen LogP contribution in [0.25, 0.3) is 0 Å². The quantitative estimate of drug-likeness (QED) is 0.118. The van der Waals surface area contributed by atoms with E-state index in [-0.39, 0.29) is 50.6 Å². The predicted octanol–water partition coefficient (Wildman–Crippen LogP) is 7.54. The maximum atomic E-state index is 12.1. The molecule has 2 heterocycles. The molecule has 0 aromatic heterocycles. The number of nitro groups is 2. The van der Waals surface area contributed by atoms with E-state index < -0.39 is 50.9 Å². The van der Waals surface area contributed by atoms with Crippen molar-refractivity contribution in [1.82, 2.24) is 9.80 Å². The summed E-state index contributed by atoms with van der Waals surface area (Å²) in [7, 11) is 1.16. The largest absolute Gasteiger partial charge is 0.488 e. The number of nitrogens with zero attached hydrogens (tertiary/aromatic N) is 4. The Hall–Kier alpha value is -5.10. The first-order valence-electron chi connectivity index (χ1n) is 17.1. The van der Waals surface area contributed by atoms with E-state index in [1.807, 2.05) is 0 Å². The lowest BCUT2D eigenvalue weighted by molar-refractivity contribution is -0.385. The summed E-state index contributed by atoms with van der Waals surface area (Å²) < 4.78 is 26.9. The molecule has 302 valence electrons. The molecule has 2 aliphatic heterocycles. The van der Waals surface area contributed by atoms with Gasteiger partial charge in [-0.3, -0.25) is 20.2 Å². The molecule has 2 aliphatic rings. The second-order valence-corrected chi connectivity index (χ2v) is 15.3. The molecule has 0 bridgehead atoms. The number of aromatic carboxylic acids is 1. The number of rotatable bonds is 8. The molecule has 2 saturated heterocycles. The van der Waals surface area contributed by atoms with Gasteiger partial charge in [-0.25, -0.2) is 19.2 Å². The van der Waals surface area contributed by atoms with E-state index >= 15 is 0 Å². The SMILES string of the molecule is CC(C)(C)OC(=O)N1CCC(Oc2c(Cl)cc([N+](=O)[O-])cc2C(=O)O)CC1.COC(=O)c1cc([N+](=O)[O-])cc(Cl)c1OC1CCN(C(=O)OC(C)(C)C)CC1. The first kappa shape index (κ1) is 44.3. The van der Waals surface area contributed by atoms with Gasteiger partial charge in [-0.05, 0) is 41.5 Å². The number of likely N-dealkylation sites (tertiary alicyclic amines) is 2. The van der Waals surface area contributed by atoms with Crippen molar-refractivity contribution in [3.05, 3.63) is 65.7 Å². The van der Waals surface area contributed by atoms with E-state index in [2.05, 4.69) is 4.74 Å². The number of methoxy groups -OCH3 is 1. The number of piperidine rings is 2. The minimum absolute atomic E-state index is 0.0369. The third-order valence-corrected chi connectivity index (χ3v) is 8.43. The van der Waals surface area contributed by atoms with Crippen LogP contribution in [0.4, 0.5) is 21.0 Å². The van der Waals surface area contributed by atoms with Crippen molar-refractivity contribution in [2.75, 3.05) is 33.3 Å². The fourth-order valence-corrected chi connectivity index (χ4v) is 5.84. The summed E-state index contributed by atoms with van der Waals surface area (Å²) in [4.78, 5) is 71.4. The third-order valence-electron chi connectivity index (χ3n) is 7.87. The summed E-state index contributed by atoms with van der Waals surface area (Å²) in [5.74, 6) is -2.23. The number of hydrogen-bond acceptors (Lipinski definition) is 13. The Morgan fingerprint density at radius 3 is 1.35 bits per heavy atom. The van der Waals surface area contributed by atoms with E-state index in [1.165, 1.54) is 0 Å². The zero-order valence-corrected chi connectivity index (χ0v) is 32.9. The molecule has 0 spiro atoms. The highest BCUT2D eigenvalue weighted by Crippen LogP contribution is 2.37. The van der Waals surface area contributed by atoms with Crippen molar-refractivity contribution in [1.29, 1.82) is 0 Å². The van der Waals surface area contributed by atoms with Crippen LogP contribution in [0, 0.1) is 20.2 Å². The second kappa shape index (κ2) is 18.5. The fourth-order valence-electron chi connectivity index (χ4n) is 5.33. The lowest BCUT2D eigenvalue weighted by Gasteiger charge is -2.33. The van der Waals surface area contributed by atoms with Crippen molar-refractivity contribution in [2.24, 2.45) is 0 Å². The molecular weight excluding hydrogens is 771 g/mol. The van der Waals surface area contributed by atoms with Crippen molar-refractivity contribution < 1.29 is 57.8 Å². The van der Waals surface area contributed by atoms with Crippen LogP contribution in [-0.4, -0.2) is 106 Å². The Kier molecular flexibility index (Phi) is 14.9. The van der Waals surface area contributed by atoms with Gasteiger partial charge in [0.1, 0.15) is 34.5 Å². The number of esters is 1. The number of hydrogen-bond donors (Lipinski definition) is 1. The molecule has 20 heteroatoms. The van der Waals surface area contributed by atoms with Crippen molar-refractivity contribution in [3.63, 3.8) is 0 Å². The average molecular weight is 816 g/mol.